The van der Waals surface area contributed by atoms with Gasteiger partial charge in [0.25, 0.3) is 0 Å². The number of phenols is 2. The monoisotopic (exact) mass is 1680 g/mol. The Balaban J connectivity index is 0.00000392. The molecule has 54 heteroatoms. The SMILES string of the molecule is O=C(O)c1ccc[n+](-c2nc(Nc3ccc(Nc4nc(Nc5cc(S(=O)(=O)[O-])cc6cc(S(=O)(=O)[O-])c(N=Nc7ccccc7S(=O)(=O)[O-])c(O)c56)nc(-[n+]5cccc(C(=O)O)c5)n4)cc3)nc(Nc3cc(S(=O)(=O)[O-])cc4cc(S(=O)(=O)[O-])c(N=Nc5ccccc5S(=O)(=O)[O-])c(O)c34)n2)c1.[Na+].[Na+].[Na+].[Na+].[Na+].[Na+].[OH-].[OH-]. The number of carboxylic acids is 2. The van der Waals surface area contributed by atoms with Crippen LogP contribution in [0.5, 0.6) is 11.5 Å². The van der Waals surface area contributed by atoms with Crippen molar-refractivity contribution in [1.82, 2.24) is 29.9 Å². The number of nitrogens with one attached hydrogen (secondary N) is 4. The van der Waals surface area contributed by atoms with E-state index in [2.05, 4.69) is 71.6 Å². The Morgan fingerprint density at radius 3 is 0.982 bits per heavy atom. The zero-order chi connectivity index (χ0) is 73.8. The third-order valence-corrected chi connectivity index (χ3v) is 18.9. The van der Waals surface area contributed by atoms with Crippen molar-refractivity contribution in [3.8, 4) is 23.4 Å². The molecule has 42 nitrogen and oxygen atoms in total. The number of aromatic carboxylic acids is 2. The molecule has 10 N–H and O–H groups in total. The Kier molecular flexibility index (Phi) is 34.4. The first-order chi connectivity index (χ1) is 47.8. The largest absolute Gasteiger partial charge is 1.00 e. The van der Waals surface area contributed by atoms with Gasteiger partial charge in [-0.2, -0.15) is 0 Å². The summed E-state index contributed by atoms with van der Waals surface area (Å²) in [5.74, 6) is -8.40. The minimum absolute atomic E-state index is 0. The molecule has 538 valence electrons. The fraction of sp³-hybridized carbons (Fsp3) is 0. The number of nitrogens with zero attached hydrogens (tertiary/aromatic N) is 12. The van der Waals surface area contributed by atoms with E-state index >= 15 is 0 Å². The van der Waals surface area contributed by atoms with Crippen molar-refractivity contribution in [2.45, 2.75) is 29.4 Å². The molecule has 0 spiro atoms. The molecular formula is C56H36N16Na6O26S6. The van der Waals surface area contributed by atoms with Crippen LogP contribution in [0.3, 0.4) is 0 Å². The second-order valence-electron chi connectivity index (χ2n) is 20.6. The number of hydrogen-bond donors (Lipinski definition) is 8. The van der Waals surface area contributed by atoms with Crippen LogP contribution in [0, 0.1) is 0 Å². The van der Waals surface area contributed by atoms with Crippen molar-refractivity contribution in [3.63, 3.8) is 0 Å². The number of benzene rings is 7. The first-order valence-electron chi connectivity index (χ1n) is 27.4. The first kappa shape index (κ1) is 97.9. The fourth-order valence-corrected chi connectivity index (χ4v) is 13.0. The van der Waals surface area contributed by atoms with Crippen LogP contribution in [0.2, 0.25) is 0 Å². The summed E-state index contributed by atoms with van der Waals surface area (Å²) in [6, 6.07) is 21.9. The molecule has 0 atom stereocenters. The van der Waals surface area contributed by atoms with Crippen molar-refractivity contribution in [2.75, 3.05) is 21.3 Å². The number of aromatic hydroxyl groups is 2. The quantitative estimate of drug-likeness (QED) is 0.0135. The zero-order valence-corrected chi connectivity index (χ0v) is 73.6. The minimum atomic E-state index is -5.75. The number of carbonyl (C=O) groups is 2. The molecule has 4 heterocycles. The Morgan fingerprint density at radius 2 is 0.682 bits per heavy atom. The van der Waals surface area contributed by atoms with Gasteiger partial charge in [-0.05, 0) is 140 Å². The number of anilines is 8. The minimum Gasteiger partial charge on any atom is -0.870 e. The Bertz CT molecular complexity index is 5870. The van der Waals surface area contributed by atoms with Crippen LogP contribution in [0.25, 0.3) is 33.4 Å². The van der Waals surface area contributed by atoms with Crippen molar-refractivity contribution < 1.29 is 305 Å². The number of pyridine rings is 2. The summed E-state index contributed by atoms with van der Waals surface area (Å²) >= 11 is 0. The molecule has 0 aliphatic heterocycles. The summed E-state index contributed by atoms with van der Waals surface area (Å²) in [5, 5.41) is 66.2. The number of aromatic nitrogens is 8. The third kappa shape index (κ3) is 23.0. The number of fused-ring (bicyclic) bond motifs is 2. The second kappa shape index (κ2) is 38.7. The molecule has 0 amide bonds. The molecule has 0 aliphatic rings. The smallest absolute Gasteiger partial charge is 0.870 e. The number of carboxylic acid groups (broad SMARTS) is 2. The summed E-state index contributed by atoms with van der Waals surface area (Å²) in [4.78, 5) is 43.3. The summed E-state index contributed by atoms with van der Waals surface area (Å²) in [6.07, 6.45) is 4.65. The van der Waals surface area contributed by atoms with Gasteiger partial charge in [0.2, 0.25) is 0 Å². The Labute approximate surface area is 752 Å². The van der Waals surface area contributed by atoms with E-state index in [-0.39, 0.29) is 211 Å². The van der Waals surface area contributed by atoms with Gasteiger partial charge < -0.3 is 80.0 Å². The summed E-state index contributed by atoms with van der Waals surface area (Å²) in [5.41, 5.74) is -5.52. The number of azo groups is 2. The van der Waals surface area contributed by atoms with Gasteiger partial charge >= 0.3 is 225 Å². The van der Waals surface area contributed by atoms with E-state index in [4.69, 9.17) is 0 Å². The van der Waals surface area contributed by atoms with Gasteiger partial charge in [-0.25, -0.2) is 69.2 Å². The molecule has 4 aromatic heterocycles. The predicted molar refractivity (Wildman–Crippen MR) is 340 cm³/mol. The second-order valence-corrected chi connectivity index (χ2v) is 28.7. The topological polar surface area (TPSA) is 701 Å². The number of rotatable bonds is 22. The van der Waals surface area contributed by atoms with E-state index in [1.807, 2.05) is 0 Å². The van der Waals surface area contributed by atoms with Gasteiger partial charge in [0.05, 0.1) is 76.7 Å². The average Bonchev–Trinajstić information content (AvgIpc) is 0.750. The van der Waals surface area contributed by atoms with Crippen LogP contribution in [0.4, 0.5) is 69.3 Å². The number of phenolic OH excluding ortho intramolecular Hbond substituents is 2. The van der Waals surface area contributed by atoms with E-state index in [0.29, 0.717) is 36.4 Å². The van der Waals surface area contributed by atoms with Crippen LogP contribution < -0.4 is 208 Å². The molecule has 0 bridgehead atoms. The Morgan fingerprint density at radius 1 is 0.373 bits per heavy atom. The first-order valence-corrected chi connectivity index (χ1v) is 35.9. The van der Waals surface area contributed by atoms with Crippen LogP contribution in [0.15, 0.2) is 208 Å². The summed E-state index contributed by atoms with van der Waals surface area (Å²) in [6.45, 7) is 0. The zero-order valence-electron chi connectivity index (χ0n) is 56.7. The molecule has 0 fully saturated rings. The van der Waals surface area contributed by atoms with Crippen molar-refractivity contribution in [3.05, 3.63) is 169 Å². The van der Waals surface area contributed by atoms with E-state index in [1.165, 1.54) is 73.1 Å². The molecule has 11 rings (SSSR count). The van der Waals surface area contributed by atoms with Crippen molar-refractivity contribution in [1.29, 1.82) is 0 Å². The maximum Gasteiger partial charge on any atom is 1.00 e. The van der Waals surface area contributed by atoms with Gasteiger partial charge in [0.1, 0.15) is 83.5 Å². The molecule has 0 saturated carbocycles. The van der Waals surface area contributed by atoms with Crippen LogP contribution in [-0.4, -0.2) is 151 Å². The van der Waals surface area contributed by atoms with Gasteiger partial charge in [-0.1, -0.05) is 24.3 Å². The van der Waals surface area contributed by atoms with Crippen LogP contribution >= 0.6 is 0 Å². The molecule has 7 aromatic carbocycles. The maximum atomic E-state index is 12.7. The molecule has 0 saturated heterocycles. The van der Waals surface area contributed by atoms with Gasteiger partial charge in [0.15, 0.2) is 11.5 Å². The fourth-order valence-electron chi connectivity index (χ4n) is 9.46. The van der Waals surface area contributed by atoms with Crippen LogP contribution in [0.1, 0.15) is 20.7 Å². The van der Waals surface area contributed by atoms with E-state index in [9.17, 15) is 108 Å². The molecule has 0 aliphatic carbocycles. The van der Waals surface area contributed by atoms with Crippen molar-refractivity contribution >= 4 is 163 Å². The molecule has 110 heavy (non-hydrogen) atoms. The molecule has 0 unspecified atom stereocenters. The van der Waals surface area contributed by atoms with E-state index in [1.54, 1.807) is 0 Å². The van der Waals surface area contributed by atoms with Crippen molar-refractivity contribution in [2.24, 2.45) is 20.5 Å². The molecule has 11 aromatic rings. The average molecular weight is 1680 g/mol. The van der Waals surface area contributed by atoms with Gasteiger partial charge in [-0.15, -0.1) is 30.4 Å². The van der Waals surface area contributed by atoms with Crippen LogP contribution in [-0.2, 0) is 60.7 Å². The van der Waals surface area contributed by atoms with Gasteiger partial charge in [-0.3, -0.25) is 0 Å². The van der Waals surface area contributed by atoms with E-state index < -0.39 is 205 Å². The third-order valence-electron chi connectivity index (χ3n) is 13.8. The Hall–Kier alpha value is -6.30. The predicted octanol–water partition coefficient (Wildman–Crippen LogP) is -13.4. The normalized spacial score (nSPS) is 11.5. The standard InChI is InChI=1S/C56H38N16O24S6.6Na.2H2O/c73-47-43-29(21-41(101(91,92)93)45(47)69-67-35-9-1-3-11-39(35)99(85,86)87)19-33(97(79,80)81)23-37(43)59-53-61-51(63-55(65-53)71-17-5-7-27(25-71)49(75)76)57-31-13-15-32(16-14-31)58-52-62-54(66-56(64-52)72-18-6-8-28(26-72)50(77)78)60-38-24-34(98(82,83)84)20-30-22-42(102(94,95)96)46(48(74)44(30)38)70-68-36-10-2-4-12-40(36)100(88,89)90;;;;;;;;/h1-26H,(H12-2,57,58,59,60,61,62,63,64,65,66,67,68,69,70,73,74,75,76,77,78,79,80,81,82,83,84,85,86,87,88,89,90,91,92,93,94,95,96);;;;;;;2*1H2/q;6*+1;;/p-6. The summed E-state index contributed by atoms with van der Waals surface area (Å²) < 4.78 is 227. The van der Waals surface area contributed by atoms with Gasteiger partial charge in [0, 0.05) is 22.1 Å². The summed E-state index contributed by atoms with van der Waals surface area (Å²) in [7, 11) is -33.1. The van der Waals surface area contributed by atoms with E-state index in [0.717, 1.165) is 57.9 Å². The maximum absolute atomic E-state index is 12.7. The molecule has 0 radical (unpaired) electrons. The number of hydrogen-bond acceptors (Lipinski definition) is 38. The molecular weight excluding hydrogens is 1640 g/mol.